The molecule has 0 heterocycles. The van der Waals surface area contributed by atoms with Crippen LogP contribution in [0.5, 0.6) is 0 Å². The molecule has 0 spiro atoms. The molecular weight excluding hydrogens is 308 g/mol. The highest BCUT2D eigenvalue weighted by molar-refractivity contribution is 5.33. The van der Waals surface area contributed by atoms with E-state index in [-0.39, 0.29) is 6.61 Å². The molecule has 0 saturated carbocycles. The van der Waals surface area contributed by atoms with Crippen molar-refractivity contribution in [2.24, 2.45) is 5.92 Å². The van der Waals surface area contributed by atoms with E-state index in [0.29, 0.717) is 18.1 Å². The van der Waals surface area contributed by atoms with Gasteiger partial charge in [0, 0.05) is 0 Å². The van der Waals surface area contributed by atoms with Crippen molar-refractivity contribution in [1.29, 1.82) is 0 Å². The Bertz CT molecular complexity index is 488. The van der Waals surface area contributed by atoms with Gasteiger partial charge in [0.2, 0.25) is 0 Å². The third kappa shape index (κ3) is 11.8. The van der Waals surface area contributed by atoms with E-state index >= 15 is 0 Å². The Labute approximate surface area is 156 Å². The van der Waals surface area contributed by atoms with Crippen LogP contribution in [0.25, 0.3) is 0 Å². The molecule has 0 aliphatic heterocycles. The molecule has 144 valence electrons. The van der Waals surface area contributed by atoms with Crippen LogP contribution < -0.4 is 0 Å². The van der Waals surface area contributed by atoms with E-state index in [1.807, 2.05) is 13.0 Å². The molecule has 0 aliphatic rings. The van der Waals surface area contributed by atoms with Crippen molar-refractivity contribution in [2.45, 2.75) is 86.5 Å². The first-order valence-corrected chi connectivity index (χ1v) is 9.81. The summed E-state index contributed by atoms with van der Waals surface area (Å²) in [7, 11) is 0. The molecule has 0 aromatic carbocycles. The van der Waals surface area contributed by atoms with Gasteiger partial charge in [-0.3, -0.25) is 0 Å². The Morgan fingerprint density at radius 1 is 1.04 bits per heavy atom. The maximum Gasteiger partial charge on any atom is 0.115 e. The maximum absolute atomic E-state index is 10.6. The predicted octanol–water partition coefficient (Wildman–Crippen LogP) is 7.04. The van der Waals surface area contributed by atoms with Gasteiger partial charge in [0.25, 0.3) is 0 Å². The van der Waals surface area contributed by atoms with Gasteiger partial charge < -0.3 is 10.2 Å². The number of rotatable bonds is 12. The lowest BCUT2D eigenvalue weighted by molar-refractivity contribution is 0.327. The van der Waals surface area contributed by atoms with Crippen LogP contribution in [0.1, 0.15) is 86.5 Å². The van der Waals surface area contributed by atoms with Gasteiger partial charge in [0.1, 0.15) is 5.76 Å². The highest BCUT2D eigenvalue weighted by atomic mass is 16.3. The molecule has 2 nitrogen and oxygen atoms in total. The molecule has 0 aromatic heterocycles. The van der Waals surface area contributed by atoms with Gasteiger partial charge in [-0.25, -0.2) is 0 Å². The van der Waals surface area contributed by atoms with Crippen LogP contribution in [0.2, 0.25) is 0 Å². The normalized spacial score (nSPS) is 15.0. The van der Waals surface area contributed by atoms with Crippen molar-refractivity contribution in [1.82, 2.24) is 0 Å². The number of aliphatic hydroxyl groups is 2. The number of hydrogen-bond acceptors (Lipinski definition) is 2. The Kier molecular flexibility index (Phi) is 13.2. The molecule has 1 unspecified atom stereocenters. The van der Waals surface area contributed by atoms with E-state index in [1.165, 1.54) is 30.4 Å². The van der Waals surface area contributed by atoms with Crippen molar-refractivity contribution in [2.75, 3.05) is 6.61 Å². The maximum atomic E-state index is 10.6. The van der Waals surface area contributed by atoms with Crippen molar-refractivity contribution in [3.63, 3.8) is 0 Å². The van der Waals surface area contributed by atoms with E-state index in [4.69, 9.17) is 0 Å². The zero-order valence-corrected chi connectivity index (χ0v) is 17.4. The molecule has 1 atom stereocenters. The second-order valence-electron chi connectivity index (χ2n) is 7.52. The van der Waals surface area contributed by atoms with Crippen molar-refractivity contribution >= 4 is 0 Å². The average Bonchev–Trinajstić information content (AvgIpc) is 2.54. The van der Waals surface area contributed by atoms with Crippen molar-refractivity contribution in [3.8, 4) is 0 Å². The van der Waals surface area contributed by atoms with Crippen LogP contribution in [0, 0.1) is 5.92 Å². The molecule has 0 saturated heterocycles. The SMILES string of the molecule is CCCCCC(C)/C=C(O)\C(C/C=C(\C)CCC=C(C)C)=C(/C)CO. The molecule has 0 fully saturated rings. The minimum atomic E-state index is -0.0118. The highest BCUT2D eigenvalue weighted by Crippen LogP contribution is 2.22. The van der Waals surface area contributed by atoms with Crippen LogP contribution in [-0.2, 0) is 0 Å². The van der Waals surface area contributed by atoms with Crippen LogP contribution in [0.15, 0.2) is 46.3 Å². The molecule has 0 amide bonds. The predicted molar refractivity (Wildman–Crippen MR) is 111 cm³/mol. The summed E-state index contributed by atoms with van der Waals surface area (Å²) in [6, 6.07) is 0. The first kappa shape index (κ1) is 23.7. The zero-order valence-electron chi connectivity index (χ0n) is 17.4. The molecular formula is C23H40O2. The fourth-order valence-electron chi connectivity index (χ4n) is 2.73. The fraction of sp³-hybridized carbons (Fsp3) is 0.652. The Morgan fingerprint density at radius 3 is 2.28 bits per heavy atom. The van der Waals surface area contributed by atoms with E-state index in [0.717, 1.165) is 30.4 Å². The number of allylic oxidation sites excluding steroid dienone is 6. The summed E-state index contributed by atoms with van der Waals surface area (Å²) in [5, 5.41) is 20.1. The van der Waals surface area contributed by atoms with Gasteiger partial charge in [-0.15, -0.1) is 0 Å². The minimum absolute atomic E-state index is 0.0118. The third-order valence-electron chi connectivity index (χ3n) is 4.51. The van der Waals surface area contributed by atoms with Crippen LogP contribution in [-0.4, -0.2) is 16.8 Å². The summed E-state index contributed by atoms with van der Waals surface area (Å²) < 4.78 is 0. The van der Waals surface area contributed by atoms with Crippen molar-refractivity contribution < 1.29 is 10.2 Å². The lowest BCUT2D eigenvalue weighted by atomic mass is 9.97. The first-order chi connectivity index (χ1) is 11.8. The molecule has 2 N–H and O–H groups in total. The van der Waals surface area contributed by atoms with Crippen LogP contribution >= 0.6 is 0 Å². The van der Waals surface area contributed by atoms with Gasteiger partial charge in [-0.05, 0) is 76.5 Å². The van der Waals surface area contributed by atoms with Crippen molar-refractivity contribution in [3.05, 3.63) is 46.3 Å². The summed E-state index contributed by atoms with van der Waals surface area (Å²) in [5.74, 6) is 0.694. The molecule has 0 aliphatic carbocycles. The summed E-state index contributed by atoms with van der Waals surface area (Å²) in [4.78, 5) is 0. The largest absolute Gasteiger partial charge is 0.508 e. The Morgan fingerprint density at radius 2 is 1.72 bits per heavy atom. The van der Waals surface area contributed by atoms with E-state index in [1.54, 1.807) is 0 Å². The quantitative estimate of drug-likeness (QED) is 0.172. The summed E-state index contributed by atoms with van der Waals surface area (Å²) in [6.07, 6.45) is 13.9. The van der Waals surface area contributed by atoms with Crippen LogP contribution in [0.4, 0.5) is 0 Å². The lowest BCUT2D eigenvalue weighted by Gasteiger charge is -2.12. The average molecular weight is 349 g/mol. The molecule has 0 bridgehead atoms. The van der Waals surface area contributed by atoms with Crippen LogP contribution in [0.3, 0.4) is 0 Å². The summed E-state index contributed by atoms with van der Waals surface area (Å²) >= 11 is 0. The topological polar surface area (TPSA) is 40.5 Å². The molecule has 0 aromatic rings. The highest BCUT2D eigenvalue weighted by Gasteiger charge is 2.09. The minimum Gasteiger partial charge on any atom is -0.508 e. The number of hydrogen-bond donors (Lipinski definition) is 2. The summed E-state index contributed by atoms with van der Waals surface area (Å²) in [6.45, 7) is 12.6. The van der Waals surface area contributed by atoms with Gasteiger partial charge in [-0.1, -0.05) is 56.4 Å². The zero-order chi connectivity index (χ0) is 19.2. The van der Waals surface area contributed by atoms with Gasteiger partial charge in [-0.2, -0.15) is 0 Å². The second kappa shape index (κ2) is 13.9. The second-order valence-corrected chi connectivity index (χ2v) is 7.52. The monoisotopic (exact) mass is 348 g/mol. The lowest BCUT2D eigenvalue weighted by Crippen LogP contribution is -2.00. The Balaban J connectivity index is 4.93. The molecule has 2 heteroatoms. The van der Waals surface area contributed by atoms with E-state index in [9.17, 15) is 10.2 Å². The number of unbranched alkanes of at least 4 members (excludes halogenated alkanes) is 2. The summed E-state index contributed by atoms with van der Waals surface area (Å²) in [5.41, 5.74) is 4.39. The van der Waals surface area contributed by atoms with E-state index < -0.39 is 0 Å². The standard InChI is InChI=1S/C23H40O2/c1-7-8-9-12-20(5)16-23(25)22(21(6)17-24)15-14-19(4)13-10-11-18(2)3/h11,14,16,20,24-25H,7-10,12-13,15,17H2,1-6H3/b19-14+,22-21+,23-16+. The molecule has 0 rings (SSSR count). The Hall–Kier alpha value is -1.28. The first-order valence-electron chi connectivity index (χ1n) is 9.81. The molecule has 25 heavy (non-hydrogen) atoms. The number of aliphatic hydroxyl groups excluding tert-OH is 2. The third-order valence-corrected chi connectivity index (χ3v) is 4.51. The van der Waals surface area contributed by atoms with Gasteiger partial charge >= 0.3 is 0 Å². The van der Waals surface area contributed by atoms with Gasteiger partial charge in [0.15, 0.2) is 0 Å². The fourth-order valence-corrected chi connectivity index (χ4v) is 2.73. The van der Waals surface area contributed by atoms with E-state index in [2.05, 4.69) is 46.8 Å². The van der Waals surface area contributed by atoms with Gasteiger partial charge in [0.05, 0.1) is 6.61 Å². The molecule has 0 radical (unpaired) electrons. The smallest absolute Gasteiger partial charge is 0.115 e.